The zero-order valence-electron chi connectivity index (χ0n) is 18.6. The predicted octanol–water partition coefficient (Wildman–Crippen LogP) is 3.86. The molecule has 1 aliphatic rings. The Morgan fingerprint density at radius 1 is 0.939 bits per heavy atom. The number of hydrogen-bond acceptors (Lipinski definition) is 4. The summed E-state index contributed by atoms with van der Waals surface area (Å²) in [6, 6.07) is 23.7. The van der Waals surface area contributed by atoms with E-state index in [0.717, 1.165) is 11.1 Å². The molecule has 1 aliphatic heterocycles. The first-order valence-corrected chi connectivity index (χ1v) is 10.7. The van der Waals surface area contributed by atoms with E-state index in [0.29, 0.717) is 17.2 Å². The van der Waals surface area contributed by atoms with Gasteiger partial charge in [-0.2, -0.15) is 0 Å². The van der Waals surface area contributed by atoms with Gasteiger partial charge in [0.15, 0.2) is 11.5 Å². The Kier molecular flexibility index (Phi) is 6.74. The topological polar surface area (TPSA) is 67.9 Å². The van der Waals surface area contributed by atoms with Gasteiger partial charge in [0, 0.05) is 11.8 Å². The molecule has 0 aliphatic carbocycles. The molecule has 0 bridgehead atoms. The molecule has 0 aromatic heterocycles. The molecule has 168 valence electrons. The van der Waals surface area contributed by atoms with E-state index < -0.39 is 6.04 Å². The number of ether oxygens (including phenoxy) is 2. The fourth-order valence-corrected chi connectivity index (χ4v) is 3.91. The molecule has 1 saturated heterocycles. The lowest BCUT2D eigenvalue weighted by molar-refractivity contribution is -0.131. The molecule has 2 amide bonds. The van der Waals surface area contributed by atoms with Crippen molar-refractivity contribution in [2.75, 3.05) is 19.1 Å². The van der Waals surface area contributed by atoms with Gasteiger partial charge in [0.25, 0.3) is 5.91 Å². The Bertz CT molecular complexity index is 1150. The van der Waals surface area contributed by atoms with Crippen molar-refractivity contribution >= 4 is 23.6 Å². The zero-order valence-corrected chi connectivity index (χ0v) is 18.6. The number of benzene rings is 3. The van der Waals surface area contributed by atoms with Crippen molar-refractivity contribution in [1.82, 2.24) is 5.32 Å². The fraction of sp³-hybridized carbons (Fsp3) is 0.185. The maximum absolute atomic E-state index is 13.1. The number of nitrogens with one attached hydrogen (secondary N) is 1. The summed E-state index contributed by atoms with van der Waals surface area (Å²) in [6.45, 7) is 0. The lowest BCUT2D eigenvalue weighted by Crippen LogP contribution is -2.70. The Labute approximate surface area is 193 Å². The first kappa shape index (κ1) is 22.1. The quantitative estimate of drug-likeness (QED) is 0.538. The maximum Gasteiger partial charge on any atom is 0.252 e. The highest BCUT2D eigenvalue weighted by Gasteiger charge is 2.47. The van der Waals surface area contributed by atoms with Gasteiger partial charge in [0.2, 0.25) is 5.91 Å². The summed E-state index contributed by atoms with van der Waals surface area (Å²) < 4.78 is 10.7. The average Bonchev–Trinajstić information content (AvgIpc) is 2.85. The highest BCUT2D eigenvalue weighted by Crippen LogP contribution is 2.36. The second-order valence-corrected chi connectivity index (χ2v) is 7.72. The predicted molar refractivity (Wildman–Crippen MR) is 128 cm³/mol. The molecule has 1 N–H and O–H groups in total. The monoisotopic (exact) mass is 442 g/mol. The first-order valence-electron chi connectivity index (χ1n) is 10.7. The van der Waals surface area contributed by atoms with Gasteiger partial charge in [-0.1, -0.05) is 72.8 Å². The summed E-state index contributed by atoms with van der Waals surface area (Å²) in [5.41, 5.74) is 2.59. The third-order valence-electron chi connectivity index (χ3n) is 5.60. The summed E-state index contributed by atoms with van der Waals surface area (Å²) in [6.07, 6.45) is 4.12. The van der Waals surface area contributed by atoms with E-state index >= 15 is 0 Å². The van der Waals surface area contributed by atoms with Gasteiger partial charge in [-0.15, -0.1) is 0 Å². The minimum Gasteiger partial charge on any atom is -0.493 e. The first-order chi connectivity index (χ1) is 16.1. The summed E-state index contributed by atoms with van der Waals surface area (Å²) in [4.78, 5) is 27.5. The number of amides is 2. The van der Waals surface area contributed by atoms with Crippen molar-refractivity contribution in [2.45, 2.75) is 18.5 Å². The Hall–Kier alpha value is -4.06. The third-order valence-corrected chi connectivity index (χ3v) is 5.60. The molecule has 1 heterocycles. The van der Waals surface area contributed by atoms with Crippen LogP contribution in [0.15, 0.2) is 84.9 Å². The van der Waals surface area contributed by atoms with Crippen LogP contribution in [0.1, 0.15) is 11.1 Å². The standard InChI is InChI=1S/C27H26N2O4/c1-32-23-16-14-21(18-24(23)33-2)29-22(15-13-19-9-5-3-6-10-19)26(27(29)31)28-25(30)17-20-11-7-4-8-12-20/h3-16,18,22,26H,17H2,1-2H3,(H,28,30). The smallest absolute Gasteiger partial charge is 0.252 e. The van der Waals surface area contributed by atoms with Crippen LogP contribution in [-0.4, -0.2) is 38.1 Å². The van der Waals surface area contributed by atoms with Crippen LogP contribution in [-0.2, 0) is 16.0 Å². The van der Waals surface area contributed by atoms with Gasteiger partial charge >= 0.3 is 0 Å². The van der Waals surface area contributed by atoms with Crippen LogP contribution in [0.25, 0.3) is 6.08 Å². The van der Waals surface area contributed by atoms with Crippen LogP contribution >= 0.6 is 0 Å². The fourth-order valence-electron chi connectivity index (χ4n) is 3.91. The van der Waals surface area contributed by atoms with E-state index in [2.05, 4.69) is 5.32 Å². The maximum atomic E-state index is 13.1. The lowest BCUT2D eigenvalue weighted by Gasteiger charge is -2.46. The number of carbonyl (C=O) groups excluding carboxylic acids is 2. The van der Waals surface area contributed by atoms with Gasteiger partial charge in [-0.05, 0) is 23.3 Å². The van der Waals surface area contributed by atoms with Crippen LogP contribution in [0, 0.1) is 0 Å². The van der Waals surface area contributed by atoms with E-state index in [1.165, 1.54) is 0 Å². The Morgan fingerprint density at radius 3 is 2.27 bits per heavy atom. The zero-order chi connectivity index (χ0) is 23.2. The van der Waals surface area contributed by atoms with Crippen LogP contribution in [0.2, 0.25) is 0 Å². The SMILES string of the molecule is COc1ccc(N2C(=O)C(NC(=O)Cc3ccccc3)C2C=Cc2ccccc2)cc1OC. The largest absolute Gasteiger partial charge is 0.493 e. The molecule has 3 aromatic rings. The van der Waals surface area contributed by atoms with Crippen LogP contribution in [0.3, 0.4) is 0 Å². The molecule has 0 radical (unpaired) electrons. The van der Waals surface area contributed by atoms with Crippen molar-refractivity contribution in [2.24, 2.45) is 0 Å². The molecular formula is C27H26N2O4. The summed E-state index contributed by atoms with van der Waals surface area (Å²) in [5.74, 6) is 0.749. The minimum atomic E-state index is -0.644. The van der Waals surface area contributed by atoms with Crippen molar-refractivity contribution in [1.29, 1.82) is 0 Å². The molecule has 2 unspecified atom stereocenters. The average molecular weight is 443 g/mol. The number of carbonyl (C=O) groups is 2. The molecule has 6 heteroatoms. The Balaban J connectivity index is 1.58. The Morgan fingerprint density at radius 2 is 1.61 bits per heavy atom. The van der Waals surface area contributed by atoms with Crippen LogP contribution < -0.4 is 19.7 Å². The number of β-lactam (4-membered cyclic amide) rings is 1. The molecule has 0 spiro atoms. The summed E-state index contributed by atoms with van der Waals surface area (Å²) in [5, 5.41) is 2.91. The van der Waals surface area contributed by atoms with Gasteiger partial charge < -0.3 is 19.7 Å². The second kappa shape index (κ2) is 10.0. The van der Waals surface area contributed by atoms with Gasteiger partial charge in [0.05, 0.1) is 26.7 Å². The highest BCUT2D eigenvalue weighted by atomic mass is 16.5. The molecule has 6 nitrogen and oxygen atoms in total. The normalized spacial score (nSPS) is 17.5. The van der Waals surface area contributed by atoms with E-state index in [4.69, 9.17) is 9.47 Å². The van der Waals surface area contributed by atoms with Crippen molar-refractivity contribution in [3.8, 4) is 11.5 Å². The van der Waals surface area contributed by atoms with Crippen molar-refractivity contribution in [3.05, 3.63) is 96.1 Å². The molecule has 0 saturated carbocycles. The number of rotatable bonds is 8. The molecule has 3 aromatic carbocycles. The minimum absolute atomic E-state index is 0.175. The summed E-state index contributed by atoms with van der Waals surface area (Å²) in [7, 11) is 3.12. The molecule has 4 rings (SSSR count). The lowest BCUT2D eigenvalue weighted by atomic mass is 9.92. The van der Waals surface area contributed by atoms with E-state index in [-0.39, 0.29) is 24.3 Å². The van der Waals surface area contributed by atoms with E-state index in [1.54, 1.807) is 31.3 Å². The van der Waals surface area contributed by atoms with Gasteiger partial charge in [-0.3, -0.25) is 9.59 Å². The van der Waals surface area contributed by atoms with E-state index in [1.807, 2.05) is 78.9 Å². The molecule has 2 atom stereocenters. The van der Waals surface area contributed by atoms with Crippen molar-refractivity contribution < 1.29 is 19.1 Å². The number of hydrogen-bond donors (Lipinski definition) is 1. The summed E-state index contributed by atoms with van der Waals surface area (Å²) >= 11 is 0. The number of anilines is 1. The van der Waals surface area contributed by atoms with Gasteiger partial charge in [0.1, 0.15) is 6.04 Å². The molecular weight excluding hydrogens is 416 g/mol. The number of methoxy groups -OCH3 is 2. The third kappa shape index (κ3) is 4.90. The molecule has 1 fully saturated rings. The molecule has 33 heavy (non-hydrogen) atoms. The highest BCUT2D eigenvalue weighted by molar-refractivity contribution is 6.08. The number of nitrogens with zero attached hydrogens (tertiary/aromatic N) is 1. The second-order valence-electron chi connectivity index (χ2n) is 7.72. The van der Waals surface area contributed by atoms with E-state index in [9.17, 15) is 9.59 Å². The van der Waals surface area contributed by atoms with Crippen molar-refractivity contribution in [3.63, 3.8) is 0 Å². The van der Waals surface area contributed by atoms with Crippen LogP contribution in [0.4, 0.5) is 5.69 Å². The van der Waals surface area contributed by atoms with Crippen LogP contribution in [0.5, 0.6) is 11.5 Å². The van der Waals surface area contributed by atoms with Gasteiger partial charge in [-0.25, -0.2) is 0 Å².